The fraction of sp³-hybridized carbons (Fsp3) is 0.0435. The largest absolute Gasteiger partial charge is 0.456 e. The fourth-order valence-electron chi connectivity index (χ4n) is 2.64. The van der Waals surface area contributed by atoms with Crippen LogP contribution in [0.4, 0.5) is 13.2 Å². The molecule has 0 fully saturated rings. The Hall–Kier alpha value is -4.07. The lowest BCUT2D eigenvalue weighted by Gasteiger charge is -2.13. The van der Waals surface area contributed by atoms with E-state index in [-0.39, 0.29) is 11.3 Å². The van der Waals surface area contributed by atoms with Gasteiger partial charge in [-0.3, -0.25) is 0 Å². The second-order valence-electron chi connectivity index (χ2n) is 6.15. The summed E-state index contributed by atoms with van der Waals surface area (Å²) in [5, 5.41) is 0. The van der Waals surface area contributed by atoms with Crippen molar-refractivity contribution in [2.24, 2.45) is 0 Å². The maximum atomic E-state index is 13.4. The van der Waals surface area contributed by atoms with Crippen molar-refractivity contribution in [3.63, 3.8) is 0 Å². The third kappa shape index (κ3) is 5.11. The summed E-state index contributed by atoms with van der Waals surface area (Å²) in [4.78, 5) is 22.5. The highest BCUT2D eigenvalue weighted by Crippen LogP contribution is 2.39. The number of benzene rings is 2. The van der Waals surface area contributed by atoms with Gasteiger partial charge in [-0.25, -0.2) is 9.59 Å². The smallest absolute Gasteiger partial charge is 0.420 e. The second-order valence-corrected chi connectivity index (χ2v) is 6.15. The van der Waals surface area contributed by atoms with Gasteiger partial charge in [0.1, 0.15) is 23.0 Å². The van der Waals surface area contributed by atoms with Gasteiger partial charge in [0.25, 0.3) is 0 Å². The molecule has 1 aromatic heterocycles. The average Bonchev–Trinajstić information content (AvgIpc) is 3.23. The minimum absolute atomic E-state index is 0.147. The Balaban J connectivity index is 1.89. The molecule has 0 unspecified atom stereocenters. The lowest BCUT2D eigenvalue weighted by Crippen LogP contribution is -2.11. The molecule has 5 nitrogen and oxygen atoms in total. The molecule has 0 saturated heterocycles. The molecule has 0 aliphatic rings. The SMILES string of the molecule is C=CC(=O)Oc1ccc(-c2ccc(-c3ccc(OC(=O)C=C)c(C(F)(F)F)c3)o2)cc1. The van der Waals surface area contributed by atoms with E-state index in [1.54, 1.807) is 30.3 Å². The summed E-state index contributed by atoms with van der Waals surface area (Å²) in [6, 6.07) is 12.7. The van der Waals surface area contributed by atoms with E-state index in [2.05, 4.69) is 17.9 Å². The van der Waals surface area contributed by atoms with Gasteiger partial charge in [0.05, 0.1) is 5.56 Å². The first kappa shape index (κ1) is 21.6. The molecule has 8 heteroatoms. The van der Waals surface area contributed by atoms with E-state index in [4.69, 9.17) is 9.15 Å². The van der Waals surface area contributed by atoms with Crippen molar-refractivity contribution in [3.05, 3.63) is 85.5 Å². The molecule has 0 saturated carbocycles. The molecule has 0 aliphatic heterocycles. The first-order chi connectivity index (χ1) is 14.7. The van der Waals surface area contributed by atoms with Crippen molar-refractivity contribution in [3.8, 4) is 34.1 Å². The maximum absolute atomic E-state index is 13.4. The molecule has 158 valence electrons. The van der Waals surface area contributed by atoms with Gasteiger partial charge in [-0.05, 0) is 54.6 Å². The van der Waals surface area contributed by atoms with E-state index in [0.29, 0.717) is 17.1 Å². The Labute approximate surface area is 175 Å². The lowest BCUT2D eigenvalue weighted by atomic mass is 10.1. The molecule has 2 aromatic carbocycles. The number of carbonyl (C=O) groups excluding carboxylic acids is 2. The molecular formula is C23H15F3O5. The normalized spacial score (nSPS) is 10.9. The number of rotatable bonds is 6. The van der Waals surface area contributed by atoms with E-state index >= 15 is 0 Å². The molecule has 0 spiro atoms. The molecule has 3 aromatic rings. The summed E-state index contributed by atoms with van der Waals surface area (Å²) < 4.78 is 55.7. The predicted molar refractivity (Wildman–Crippen MR) is 106 cm³/mol. The Bertz CT molecular complexity index is 1140. The highest BCUT2D eigenvalue weighted by Gasteiger charge is 2.35. The number of esters is 2. The van der Waals surface area contributed by atoms with Crippen molar-refractivity contribution in [1.29, 1.82) is 0 Å². The highest BCUT2D eigenvalue weighted by atomic mass is 19.4. The number of ether oxygens (including phenoxy) is 2. The molecule has 0 radical (unpaired) electrons. The second kappa shape index (κ2) is 8.74. The zero-order valence-electron chi connectivity index (χ0n) is 15.9. The summed E-state index contributed by atoms with van der Waals surface area (Å²) in [5.41, 5.74) is -0.350. The first-order valence-electron chi connectivity index (χ1n) is 8.81. The number of carbonyl (C=O) groups is 2. The zero-order valence-corrected chi connectivity index (χ0v) is 15.9. The quantitative estimate of drug-likeness (QED) is 0.281. The van der Waals surface area contributed by atoms with Crippen LogP contribution in [-0.2, 0) is 15.8 Å². The molecule has 0 amide bonds. The van der Waals surface area contributed by atoms with Gasteiger partial charge < -0.3 is 13.9 Å². The fourth-order valence-corrected chi connectivity index (χ4v) is 2.64. The number of alkyl halides is 3. The van der Waals surface area contributed by atoms with Crippen LogP contribution >= 0.6 is 0 Å². The molecule has 0 aliphatic carbocycles. The van der Waals surface area contributed by atoms with Crippen LogP contribution in [0.5, 0.6) is 11.5 Å². The minimum Gasteiger partial charge on any atom is -0.456 e. The van der Waals surface area contributed by atoms with Gasteiger partial charge in [0, 0.05) is 23.3 Å². The summed E-state index contributed by atoms with van der Waals surface area (Å²) in [5.74, 6) is -1.34. The van der Waals surface area contributed by atoms with Crippen LogP contribution in [0.1, 0.15) is 5.56 Å². The van der Waals surface area contributed by atoms with Crippen LogP contribution < -0.4 is 9.47 Å². The Morgan fingerprint density at radius 2 is 1.35 bits per heavy atom. The van der Waals surface area contributed by atoms with Crippen molar-refractivity contribution in [1.82, 2.24) is 0 Å². The predicted octanol–water partition coefficient (Wildman–Crippen LogP) is 5.82. The van der Waals surface area contributed by atoms with Crippen LogP contribution in [0.2, 0.25) is 0 Å². The molecule has 0 atom stereocenters. The van der Waals surface area contributed by atoms with Crippen LogP contribution in [0.3, 0.4) is 0 Å². The van der Waals surface area contributed by atoms with Gasteiger partial charge in [-0.2, -0.15) is 13.2 Å². The van der Waals surface area contributed by atoms with E-state index in [0.717, 1.165) is 24.3 Å². The standard InChI is InChI=1S/C23H15F3O5/c1-3-21(27)29-16-8-5-14(6-9-16)18-11-12-19(30-18)15-7-10-20(31-22(28)4-2)17(13-15)23(24,25)26/h3-13H,1-2H2. The number of halogens is 3. The first-order valence-corrected chi connectivity index (χ1v) is 8.81. The third-order valence-corrected chi connectivity index (χ3v) is 4.08. The minimum atomic E-state index is -4.75. The summed E-state index contributed by atoms with van der Waals surface area (Å²) in [7, 11) is 0. The van der Waals surface area contributed by atoms with Crippen LogP contribution in [-0.4, -0.2) is 11.9 Å². The highest BCUT2D eigenvalue weighted by molar-refractivity contribution is 5.84. The molecule has 0 bridgehead atoms. The number of hydrogen-bond acceptors (Lipinski definition) is 5. The van der Waals surface area contributed by atoms with Crippen LogP contribution in [0.15, 0.2) is 84.3 Å². The lowest BCUT2D eigenvalue weighted by molar-refractivity contribution is -0.140. The van der Waals surface area contributed by atoms with Crippen molar-refractivity contribution in [2.45, 2.75) is 6.18 Å². The van der Waals surface area contributed by atoms with Gasteiger partial charge in [0.2, 0.25) is 0 Å². The molecule has 3 rings (SSSR count). The zero-order chi connectivity index (χ0) is 22.6. The average molecular weight is 428 g/mol. The van der Waals surface area contributed by atoms with Crippen LogP contribution in [0, 0.1) is 0 Å². The van der Waals surface area contributed by atoms with Crippen molar-refractivity contribution >= 4 is 11.9 Å². The van der Waals surface area contributed by atoms with E-state index < -0.39 is 29.4 Å². The van der Waals surface area contributed by atoms with Crippen LogP contribution in [0.25, 0.3) is 22.6 Å². The van der Waals surface area contributed by atoms with Crippen molar-refractivity contribution in [2.75, 3.05) is 0 Å². The molecule has 0 N–H and O–H groups in total. The van der Waals surface area contributed by atoms with E-state index in [1.165, 1.54) is 12.1 Å². The topological polar surface area (TPSA) is 65.7 Å². The number of hydrogen-bond donors (Lipinski definition) is 0. The van der Waals surface area contributed by atoms with Gasteiger partial charge in [-0.1, -0.05) is 13.2 Å². The summed E-state index contributed by atoms with van der Waals surface area (Å²) >= 11 is 0. The molecule has 1 heterocycles. The van der Waals surface area contributed by atoms with Gasteiger partial charge in [0.15, 0.2) is 0 Å². The Kier molecular flexibility index (Phi) is 6.10. The van der Waals surface area contributed by atoms with E-state index in [9.17, 15) is 22.8 Å². The number of furan rings is 1. The molecule has 31 heavy (non-hydrogen) atoms. The van der Waals surface area contributed by atoms with Gasteiger partial charge in [-0.15, -0.1) is 0 Å². The monoisotopic (exact) mass is 428 g/mol. The molecular weight excluding hydrogens is 413 g/mol. The third-order valence-electron chi connectivity index (χ3n) is 4.08. The van der Waals surface area contributed by atoms with Gasteiger partial charge >= 0.3 is 18.1 Å². The summed E-state index contributed by atoms with van der Waals surface area (Å²) in [6.07, 6.45) is -2.94. The van der Waals surface area contributed by atoms with Crippen molar-refractivity contribution < 1.29 is 36.7 Å². The summed E-state index contributed by atoms with van der Waals surface area (Å²) in [6.45, 7) is 6.48. The Morgan fingerprint density at radius 1 is 0.806 bits per heavy atom. The van der Waals surface area contributed by atoms with E-state index in [1.807, 2.05) is 0 Å². The maximum Gasteiger partial charge on any atom is 0.420 e. The Morgan fingerprint density at radius 3 is 1.94 bits per heavy atom.